The van der Waals surface area contributed by atoms with Gasteiger partial charge in [0.1, 0.15) is 5.82 Å². The van der Waals surface area contributed by atoms with E-state index >= 15 is 0 Å². The van der Waals surface area contributed by atoms with Gasteiger partial charge in [-0.1, -0.05) is 0 Å². The fourth-order valence-electron chi connectivity index (χ4n) is 2.20. The number of anilines is 1. The van der Waals surface area contributed by atoms with Crippen molar-refractivity contribution in [3.63, 3.8) is 0 Å². The van der Waals surface area contributed by atoms with Gasteiger partial charge in [-0.25, -0.2) is 13.9 Å². The van der Waals surface area contributed by atoms with Crippen LogP contribution in [0.25, 0.3) is 5.69 Å². The molecule has 21 heavy (non-hydrogen) atoms. The maximum Gasteiger partial charge on any atom is 0.320 e. The zero-order valence-corrected chi connectivity index (χ0v) is 11.7. The number of nitrogens with zero attached hydrogens (tertiary/aromatic N) is 2. The Kier molecular flexibility index (Phi) is 3.60. The molecule has 0 aliphatic heterocycles. The Morgan fingerprint density at radius 2 is 2.05 bits per heavy atom. The number of benzene rings is 1. The predicted molar refractivity (Wildman–Crippen MR) is 77.9 cm³/mol. The van der Waals surface area contributed by atoms with Crippen LogP contribution in [-0.4, -0.2) is 21.9 Å². The summed E-state index contributed by atoms with van der Waals surface area (Å²) in [4.78, 5) is 11.8. The lowest BCUT2D eigenvalue weighted by Gasteiger charge is -2.12. The molecule has 0 saturated heterocycles. The Morgan fingerprint density at radius 3 is 2.71 bits per heavy atom. The maximum atomic E-state index is 12.9. The maximum absolute atomic E-state index is 12.9. The smallest absolute Gasteiger partial charge is 0.320 e. The molecule has 0 unspecified atom stereocenters. The molecule has 0 radical (unpaired) electrons. The van der Waals surface area contributed by atoms with E-state index in [2.05, 4.69) is 15.7 Å². The minimum absolute atomic E-state index is 0.184. The number of carbonyl (C=O) groups is 1. The predicted octanol–water partition coefficient (Wildman–Crippen LogP) is 2.93. The Balaban J connectivity index is 1.61. The second-order valence-corrected chi connectivity index (χ2v) is 5.35. The molecule has 1 aliphatic carbocycles. The van der Waals surface area contributed by atoms with Gasteiger partial charge in [0.05, 0.1) is 5.69 Å². The summed E-state index contributed by atoms with van der Waals surface area (Å²) in [6, 6.07) is 7.62. The van der Waals surface area contributed by atoms with Crippen molar-refractivity contribution in [2.75, 3.05) is 5.32 Å². The first-order chi connectivity index (χ1) is 10.1. The molecule has 1 aromatic heterocycles. The molecular weight excluding hydrogens is 271 g/mol. The number of amides is 2. The van der Waals surface area contributed by atoms with Gasteiger partial charge in [-0.15, -0.1) is 5.10 Å². The molecule has 0 bridgehead atoms. The van der Waals surface area contributed by atoms with Crippen molar-refractivity contribution in [3.8, 4) is 5.69 Å². The van der Waals surface area contributed by atoms with Gasteiger partial charge in [0, 0.05) is 18.3 Å². The van der Waals surface area contributed by atoms with E-state index in [1.54, 1.807) is 29.1 Å². The third-order valence-corrected chi connectivity index (χ3v) is 3.61. The number of hydrogen-bond acceptors (Lipinski definition) is 2. The van der Waals surface area contributed by atoms with E-state index in [9.17, 15) is 9.18 Å². The lowest BCUT2D eigenvalue weighted by Crippen LogP contribution is -2.37. The number of rotatable bonds is 4. The van der Waals surface area contributed by atoms with Crippen molar-refractivity contribution in [2.45, 2.75) is 25.8 Å². The quantitative estimate of drug-likeness (QED) is 0.908. The standard InChI is InChI=1S/C15H17FN4O/c1-10(11-2-3-11)17-15(21)18-14-8-9-20(19-14)13-6-4-12(16)5-7-13/h4-11H,2-3H2,1H3,(H2,17,18,19,21)/t10-/m0/s1. The molecule has 2 aromatic rings. The lowest BCUT2D eigenvalue weighted by atomic mass is 10.2. The van der Waals surface area contributed by atoms with Crippen LogP contribution in [0.2, 0.25) is 0 Å². The first-order valence-corrected chi connectivity index (χ1v) is 7.01. The summed E-state index contributed by atoms with van der Waals surface area (Å²) in [6.07, 6.45) is 4.08. The second kappa shape index (κ2) is 5.55. The zero-order chi connectivity index (χ0) is 14.8. The minimum atomic E-state index is -0.294. The van der Waals surface area contributed by atoms with Crippen LogP contribution >= 0.6 is 0 Å². The summed E-state index contributed by atoms with van der Waals surface area (Å²) < 4.78 is 14.5. The van der Waals surface area contributed by atoms with Crippen molar-refractivity contribution in [1.29, 1.82) is 0 Å². The second-order valence-electron chi connectivity index (χ2n) is 5.35. The van der Waals surface area contributed by atoms with E-state index < -0.39 is 0 Å². The summed E-state index contributed by atoms with van der Waals surface area (Å²) in [6.45, 7) is 2.01. The highest BCUT2D eigenvalue weighted by molar-refractivity contribution is 5.88. The van der Waals surface area contributed by atoms with Crippen LogP contribution in [0.15, 0.2) is 36.5 Å². The lowest BCUT2D eigenvalue weighted by molar-refractivity contribution is 0.248. The highest BCUT2D eigenvalue weighted by atomic mass is 19.1. The van der Waals surface area contributed by atoms with Crippen molar-refractivity contribution >= 4 is 11.8 Å². The minimum Gasteiger partial charge on any atom is -0.335 e. The molecule has 5 nitrogen and oxygen atoms in total. The Labute approximate surface area is 122 Å². The zero-order valence-electron chi connectivity index (χ0n) is 11.7. The number of carbonyl (C=O) groups excluding carboxylic acids is 1. The number of nitrogens with one attached hydrogen (secondary N) is 2. The Bertz CT molecular complexity index is 633. The molecular formula is C15H17FN4O. The molecule has 2 amide bonds. The largest absolute Gasteiger partial charge is 0.335 e. The topological polar surface area (TPSA) is 59.0 Å². The van der Waals surface area contributed by atoms with Crippen molar-refractivity contribution in [2.24, 2.45) is 5.92 Å². The van der Waals surface area contributed by atoms with Crippen molar-refractivity contribution in [1.82, 2.24) is 15.1 Å². The van der Waals surface area contributed by atoms with Gasteiger partial charge in [-0.2, -0.15) is 0 Å². The van der Waals surface area contributed by atoms with Gasteiger partial charge in [-0.05, 0) is 49.9 Å². The van der Waals surface area contributed by atoms with Gasteiger partial charge in [0.25, 0.3) is 0 Å². The van der Waals surface area contributed by atoms with E-state index in [0.29, 0.717) is 11.7 Å². The molecule has 1 aliphatic rings. The van der Waals surface area contributed by atoms with Crippen LogP contribution in [-0.2, 0) is 0 Å². The number of urea groups is 1. The third-order valence-electron chi connectivity index (χ3n) is 3.61. The molecule has 1 aromatic carbocycles. The van der Waals surface area contributed by atoms with Gasteiger partial charge in [0.2, 0.25) is 0 Å². The molecule has 0 spiro atoms. The summed E-state index contributed by atoms with van der Waals surface area (Å²) >= 11 is 0. The van der Waals surface area contributed by atoms with Crippen molar-refractivity contribution in [3.05, 3.63) is 42.3 Å². The Morgan fingerprint density at radius 1 is 1.33 bits per heavy atom. The molecule has 6 heteroatoms. The fourth-order valence-corrected chi connectivity index (χ4v) is 2.20. The molecule has 1 saturated carbocycles. The van der Waals surface area contributed by atoms with E-state index in [1.807, 2.05) is 6.92 Å². The average Bonchev–Trinajstić information content (AvgIpc) is 3.21. The first-order valence-electron chi connectivity index (χ1n) is 7.01. The fraction of sp³-hybridized carbons (Fsp3) is 0.333. The van der Waals surface area contributed by atoms with Gasteiger partial charge in [-0.3, -0.25) is 5.32 Å². The molecule has 1 atom stereocenters. The molecule has 3 rings (SSSR count). The van der Waals surface area contributed by atoms with Gasteiger partial charge < -0.3 is 5.32 Å². The first kappa shape index (κ1) is 13.6. The highest BCUT2D eigenvalue weighted by Gasteiger charge is 2.28. The monoisotopic (exact) mass is 288 g/mol. The Hall–Kier alpha value is -2.37. The van der Waals surface area contributed by atoms with Crippen LogP contribution < -0.4 is 10.6 Å². The van der Waals surface area contributed by atoms with E-state index in [0.717, 1.165) is 5.69 Å². The SMILES string of the molecule is C[C@H](NC(=O)Nc1ccn(-c2ccc(F)cc2)n1)C1CC1. The third kappa shape index (κ3) is 3.39. The number of halogens is 1. The van der Waals surface area contributed by atoms with Crippen LogP contribution in [0.5, 0.6) is 0 Å². The normalized spacial score (nSPS) is 15.5. The van der Waals surface area contributed by atoms with Crippen LogP contribution in [0, 0.1) is 11.7 Å². The van der Waals surface area contributed by atoms with Crippen LogP contribution in [0.3, 0.4) is 0 Å². The summed E-state index contributed by atoms with van der Waals surface area (Å²) in [5.41, 5.74) is 0.733. The average molecular weight is 288 g/mol. The van der Waals surface area contributed by atoms with Gasteiger partial charge in [0.15, 0.2) is 5.82 Å². The van der Waals surface area contributed by atoms with E-state index in [4.69, 9.17) is 0 Å². The van der Waals surface area contributed by atoms with E-state index in [-0.39, 0.29) is 17.9 Å². The summed E-state index contributed by atoms with van der Waals surface area (Å²) in [5, 5.41) is 9.84. The summed E-state index contributed by atoms with van der Waals surface area (Å²) in [7, 11) is 0. The molecule has 1 heterocycles. The van der Waals surface area contributed by atoms with Crippen molar-refractivity contribution < 1.29 is 9.18 Å². The molecule has 110 valence electrons. The van der Waals surface area contributed by atoms with Crippen LogP contribution in [0.4, 0.5) is 15.0 Å². The highest BCUT2D eigenvalue weighted by Crippen LogP contribution is 2.32. The van der Waals surface area contributed by atoms with Crippen LogP contribution in [0.1, 0.15) is 19.8 Å². The van der Waals surface area contributed by atoms with Gasteiger partial charge >= 0.3 is 6.03 Å². The summed E-state index contributed by atoms with van der Waals surface area (Å²) in [5.74, 6) is 0.769. The number of hydrogen-bond donors (Lipinski definition) is 2. The molecule has 2 N–H and O–H groups in total. The van der Waals surface area contributed by atoms with E-state index in [1.165, 1.54) is 25.0 Å². The number of aromatic nitrogens is 2. The molecule has 1 fully saturated rings.